The van der Waals surface area contributed by atoms with E-state index in [-0.39, 0.29) is 5.25 Å². The molecule has 0 aromatic rings. The van der Waals surface area contributed by atoms with Crippen molar-refractivity contribution in [3.63, 3.8) is 0 Å². The van der Waals surface area contributed by atoms with Crippen LogP contribution in [0.15, 0.2) is 0 Å². The van der Waals surface area contributed by atoms with Gasteiger partial charge in [-0.1, -0.05) is 6.92 Å². The summed E-state index contributed by atoms with van der Waals surface area (Å²) in [5.41, 5.74) is 5.08. The zero-order valence-electron chi connectivity index (χ0n) is 4.53. The number of thiol groups is 1. The van der Waals surface area contributed by atoms with Gasteiger partial charge in [0.1, 0.15) is 6.04 Å². The van der Waals surface area contributed by atoms with E-state index in [1.54, 1.807) is 6.92 Å². The van der Waals surface area contributed by atoms with Gasteiger partial charge in [0.05, 0.1) is 0 Å². The van der Waals surface area contributed by atoms with Crippen molar-refractivity contribution >= 4 is 18.6 Å². The molecule has 0 aromatic heterocycles. The SMILES string of the molecule is CC(S)[C@@H](N)C(=O)O. The molecule has 3 N–H and O–H groups in total. The molecule has 1 unspecified atom stereocenters. The first-order valence-corrected chi connectivity index (χ1v) is 2.74. The highest BCUT2D eigenvalue weighted by atomic mass is 32.1. The predicted octanol–water partition coefficient (Wildman–Crippen LogP) is -0.283. The molecule has 0 amide bonds. The fourth-order valence-electron chi connectivity index (χ4n) is 0.206. The van der Waals surface area contributed by atoms with Crippen molar-refractivity contribution in [2.24, 2.45) is 5.73 Å². The lowest BCUT2D eigenvalue weighted by Gasteiger charge is -2.07. The highest BCUT2D eigenvalue weighted by molar-refractivity contribution is 7.81. The Kier molecular flexibility index (Phi) is 2.86. The second-order valence-electron chi connectivity index (χ2n) is 1.60. The molecule has 0 heterocycles. The molecule has 0 saturated heterocycles. The van der Waals surface area contributed by atoms with Crippen molar-refractivity contribution < 1.29 is 9.90 Å². The summed E-state index contributed by atoms with van der Waals surface area (Å²) in [5.74, 6) is -1.01. The predicted molar refractivity (Wildman–Crippen MR) is 34.1 cm³/mol. The molecule has 48 valence electrons. The van der Waals surface area contributed by atoms with Crippen LogP contribution in [0, 0.1) is 0 Å². The van der Waals surface area contributed by atoms with Gasteiger partial charge in [0.25, 0.3) is 0 Å². The zero-order valence-corrected chi connectivity index (χ0v) is 5.43. The zero-order chi connectivity index (χ0) is 6.73. The molecule has 4 heteroatoms. The van der Waals surface area contributed by atoms with Crippen molar-refractivity contribution in [3.8, 4) is 0 Å². The van der Waals surface area contributed by atoms with E-state index in [2.05, 4.69) is 12.6 Å². The van der Waals surface area contributed by atoms with Crippen LogP contribution in [0.3, 0.4) is 0 Å². The van der Waals surface area contributed by atoms with Gasteiger partial charge in [0, 0.05) is 5.25 Å². The van der Waals surface area contributed by atoms with Gasteiger partial charge in [-0.15, -0.1) is 0 Å². The average molecular weight is 135 g/mol. The maximum Gasteiger partial charge on any atom is 0.321 e. The minimum atomic E-state index is -1.01. The fourth-order valence-corrected chi connectivity index (χ4v) is 0.334. The summed E-state index contributed by atoms with van der Waals surface area (Å²) in [6.45, 7) is 1.64. The Bertz CT molecular complexity index is 94.0. The van der Waals surface area contributed by atoms with Crippen LogP contribution in [0.2, 0.25) is 0 Å². The van der Waals surface area contributed by atoms with Gasteiger partial charge in [-0.05, 0) is 0 Å². The molecule has 0 aliphatic rings. The maximum atomic E-state index is 9.97. The van der Waals surface area contributed by atoms with Crippen molar-refractivity contribution in [3.05, 3.63) is 0 Å². The highest BCUT2D eigenvalue weighted by Gasteiger charge is 2.15. The van der Waals surface area contributed by atoms with Crippen LogP contribution in [0.1, 0.15) is 6.92 Å². The van der Waals surface area contributed by atoms with E-state index in [0.29, 0.717) is 0 Å². The molecule has 0 aliphatic heterocycles. The Labute approximate surface area is 53.3 Å². The lowest BCUT2D eigenvalue weighted by atomic mass is 10.2. The van der Waals surface area contributed by atoms with Crippen LogP contribution < -0.4 is 5.73 Å². The van der Waals surface area contributed by atoms with Gasteiger partial charge in [-0.3, -0.25) is 4.79 Å². The van der Waals surface area contributed by atoms with Crippen molar-refractivity contribution in [2.45, 2.75) is 18.2 Å². The van der Waals surface area contributed by atoms with Crippen molar-refractivity contribution in [1.82, 2.24) is 0 Å². The number of hydrogen-bond donors (Lipinski definition) is 3. The minimum Gasteiger partial charge on any atom is -0.480 e. The first-order valence-electron chi connectivity index (χ1n) is 2.22. The second-order valence-corrected chi connectivity index (χ2v) is 2.42. The highest BCUT2D eigenvalue weighted by Crippen LogP contribution is 1.96. The molecular weight excluding hydrogens is 126 g/mol. The lowest BCUT2D eigenvalue weighted by Crippen LogP contribution is -2.37. The summed E-state index contributed by atoms with van der Waals surface area (Å²) < 4.78 is 0. The van der Waals surface area contributed by atoms with Crippen LogP contribution in [-0.4, -0.2) is 22.4 Å². The van der Waals surface area contributed by atoms with E-state index < -0.39 is 12.0 Å². The number of aliphatic carboxylic acids is 1. The van der Waals surface area contributed by atoms with Gasteiger partial charge in [-0.25, -0.2) is 0 Å². The molecular formula is C4H9NO2S. The van der Waals surface area contributed by atoms with Gasteiger partial charge in [-0.2, -0.15) is 12.6 Å². The van der Waals surface area contributed by atoms with E-state index >= 15 is 0 Å². The third kappa shape index (κ3) is 2.18. The Morgan fingerprint density at radius 1 is 1.88 bits per heavy atom. The Morgan fingerprint density at radius 3 is 2.25 bits per heavy atom. The second kappa shape index (κ2) is 2.94. The molecule has 0 bridgehead atoms. The number of carboxylic acids is 1. The molecule has 2 atom stereocenters. The summed E-state index contributed by atoms with van der Waals surface area (Å²) in [6, 6.07) is -0.849. The first kappa shape index (κ1) is 7.78. The summed E-state index contributed by atoms with van der Waals surface area (Å²) in [7, 11) is 0. The summed E-state index contributed by atoms with van der Waals surface area (Å²) >= 11 is 3.83. The lowest BCUT2D eigenvalue weighted by molar-refractivity contribution is -0.138. The van der Waals surface area contributed by atoms with Crippen LogP contribution in [0.25, 0.3) is 0 Å². The number of nitrogens with two attached hydrogens (primary N) is 1. The van der Waals surface area contributed by atoms with E-state index in [1.165, 1.54) is 0 Å². The fraction of sp³-hybridized carbons (Fsp3) is 0.750. The van der Waals surface area contributed by atoms with Crippen molar-refractivity contribution in [2.75, 3.05) is 0 Å². The molecule has 0 fully saturated rings. The summed E-state index contributed by atoms with van der Waals surface area (Å²) in [4.78, 5) is 9.97. The van der Waals surface area contributed by atoms with E-state index in [9.17, 15) is 4.79 Å². The maximum absolute atomic E-state index is 9.97. The standard InChI is InChI=1S/C4H9NO2S/c1-2(8)3(5)4(6)7/h2-3,8H,5H2,1H3,(H,6,7)/t2?,3-/m1/s1. The van der Waals surface area contributed by atoms with Crippen LogP contribution in [0.4, 0.5) is 0 Å². The van der Waals surface area contributed by atoms with Gasteiger partial charge < -0.3 is 10.8 Å². The summed E-state index contributed by atoms with van der Waals surface area (Å²) in [5, 5.41) is 7.89. The largest absolute Gasteiger partial charge is 0.480 e. The van der Waals surface area contributed by atoms with Crippen LogP contribution in [0.5, 0.6) is 0 Å². The topological polar surface area (TPSA) is 63.3 Å². The van der Waals surface area contributed by atoms with Crippen LogP contribution >= 0.6 is 12.6 Å². The van der Waals surface area contributed by atoms with Crippen LogP contribution in [-0.2, 0) is 4.79 Å². The molecule has 8 heavy (non-hydrogen) atoms. The number of hydrogen-bond acceptors (Lipinski definition) is 3. The molecule has 0 aliphatic carbocycles. The first-order chi connectivity index (χ1) is 3.55. The Hall–Kier alpha value is -0.220. The molecule has 3 nitrogen and oxygen atoms in total. The molecule has 0 spiro atoms. The molecule has 0 radical (unpaired) electrons. The third-order valence-corrected chi connectivity index (χ3v) is 1.13. The molecule has 0 saturated carbocycles. The van der Waals surface area contributed by atoms with Crippen molar-refractivity contribution in [1.29, 1.82) is 0 Å². The molecule has 0 rings (SSSR count). The summed E-state index contributed by atoms with van der Waals surface area (Å²) in [6.07, 6.45) is 0. The average Bonchev–Trinajstić information content (AvgIpc) is 1.64. The van der Waals surface area contributed by atoms with Gasteiger partial charge in [0.15, 0.2) is 0 Å². The minimum absolute atomic E-state index is 0.285. The molecule has 0 aromatic carbocycles. The number of rotatable bonds is 2. The third-order valence-electron chi connectivity index (χ3n) is 0.805. The quantitative estimate of drug-likeness (QED) is 0.456. The Morgan fingerprint density at radius 2 is 2.25 bits per heavy atom. The monoisotopic (exact) mass is 135 g/mol. The van der Waals surface area contributed by atoms with E-state index in [0.717, 1.165) is 0 Å². The smallest absolute Gasteiger partial charge is 0.321 e. The van der Waals surface area contributed by atoms with Gasteiger partial charge >= 0.3 is 5.97 Å². The van der Waals surface area contributed by atoms with E-state index in [1.807, 2.05) is 0 Å². The number of carbonyl (C=O) groups is 1. The number of carboxylic acid groups (broad SMARTS) is 1. The van der Waals surface area contributed by atoms with E-state index in [4.69, 9.17) is 10.8 Å². The Balaban J connectivity index is 3.64. The normalized spacial score (nSPS) is 17.4. The van der Waals surface area contributed by atoms with Gasteiger partial charge in [0.2, 0.25) is 0 Å².